The Morgan fingerprint density at radius 3 is 2.47 bits per heavy atom. The zero-order valence-corrected chi connectivity index (χ0v) is 17.3. The van der Waals surface area contributed by atoms with E-state index in [9.17, 15) is 9.59 Å². The normalized spacial score (nSPS) is 16.4. The summed E-state index contributed by atoms with van der Waals surface area (Å²) in [5.74, 6) is 0.304. The lowest BCUT2D eigenvalue weighted by molar-refractivity contribution is -0.135. The van der Waals surface area contributed by atoms with Crippen LogP contribution in [0.5, 0.6) is 0 Å². The molecule has 1 aromatic carbocycles. The first kappa shape index (κ1) is 20.5. The molecule has 160 valence electrons. The highest BCUT2D eigenvalue weighted by Crippen LogP contribution is 2.18. The highest BCUT2D eigenvalue weighted by atomic mass is 16.5. The summed E-state index contributed by atoms with van der Waals surface area (Å²) in [6.45, 7) is 4.37. The molecule has 1 aromatic heterocycles. The summed E-state index contributed by atoms with van der Waals surface area (Å²) in [7, 11) is 0. The first-order valence-electron chi connectivity index (χ1n) is 10.8. The van der Waals surface area contributed by atoms with Crippen LogP contribution in [0.3, 0.4) is 0 Å². The van der Waals surface area contributed by atoms with E-state index in [0.29, 0.717) is 65.2 Å². The molecule has 2 aliphatic rings. The Kier molecular flexibility index (Phi) is 6.74. The lowest BCUT2D eigenvalue weighted by atomic mass is 10.1. The molecule has 0 saturated carbocycles. The molecule has 0 atom stereocenters. The molecule has 0 unspecified atom stereocenters. The molecule has 2 aliphatic heterocycles. The molecule has 1 saturated heterocycles. The number of nitrogens with zero attached hydrogens (tertiary/aromatic N) is 5. The largest absolute Gasteiger partial charge is 0.378 e. The highest BCUT2D eigenvalue weighted by Gasteiger charge is 2.25. The van der Waals surface area contributed by atoms with Gasteiger partial charge in [0.1, 0.15) is 0 Å². The zero-order chi connectivity index (χ0) is 20.8. The average molecular weight is 412 g/mol. The number of morpholine rings is 1. The van der Waals surface area contributed by atoms with Gasteiger partial charge in [0.15, 0.2) is 0 Å². The number of rotatable bonds is 7. The summed E-state index contributed by atoms with van der Waals surface area (Å²) in [6.07, 6.45) is 3.27. The maximum Gasteiger partial charge on any atom is 0.223 e. The van der Waals surface area contributed by atoms with E-state index in [4.69, 9.17) is 4.74 Å². The number of amides is 2. The lowest BCUT2D eigenvalue weighted by Gasteiger charge is -2.28. The van der Waals surface area contributed by atoms with E-state index in [-0.39, 0.29) is 11.8 Å². The van der Waals surface area contributed by atoms with Crippen molar-refractivity contribution in [2.45, 2.75) is 45.2 Å². The molecule has 8 nitrogen and oxygen atoms in total. The van der Waals surface area contributed by atoms with Gasteiger partial charge in [0.05, 0.1) is 37.7 Å². The second-order valence-corrected chi connectivity index (χ2v) is 7.85. The van der Waals surface area contributed by atoms with Crippen LogP contribution in [0.15, 0.2) is 30.3 Å². The van der Waals surface area contributed by atoms with E-state index >= 15 is 0 Å². The number of ether oxygens (including phenoxy) is 1. The molecule has 0 spiro atoms. The minimum Gasteiger partial charge on any atom is -0.378 e. The predicted molar refractivity (Wildman–Crippen MR) is 111 cm³/mol. The Morgan fingerprint density at radius 1 is 0.900 bits per heavy atom. The number of hydrogen-bond acceptors (Lipinski definition) is 5. The molecule has 0 N–H and O–H groups in total. The molecule has 3 heterocycles. The quantitative estimate of drug-likeness (QED) is 0.689. The standard InChI is InChI=1S/C22H29N5O3/c28-21(8-4-7-18-5-2-1-3-6-18)26-11-12-27-20(17-26)19(23-24-27)9-10-22(29)25-13-15-30-16-14-25/h1-3,5-6H,4,7-17H2. The van der Waals surface area contributed by atoms with Crippen molar-refractivity contribution in [3.05, 3.63) is 47.3 Å². The van der Waals surface area contributed by atoms with Crippen molar-refractivity contribution in [1.29, 1.82) is 0 Å². The fraction of sp³-hybridized carbons (Fsp3) is 0.545. The second-order valence-electron chi connectivity index (χ2n) is 7.85. The van der Waals surface area contributed by atoms with Gasteiger partial charge < -0.3 is 14.5 Å². The topological polar surface area (TPSA) is 80.6 Å². The number of carbonyl (C=O) groups is 2. The molecule has 0 radical (unpaired) electrons. The molecule has 30 heavy (non-hydrogen) atoms. The van der Waals surface area contributed by atoms with Gasteiger partial charge in [-0.05, 0) is 18.4 Å². The lowest BCUT2D eigenvalue weighted by Crippen LogP contribution is -2.41. The summed E-state index contributed by atoms with van der Waals surface area (Å²) in [4.78, 5) is 28.9. The summed E-state index contributed by atoms with van der Waals surface area (Å²) in [6, 6.07) is 10.3. The van der Waals surface area contributed by atoms with Crippen LogP contribution in [0.25, 0.3) is 0 Å². The molecule has 0 bridgehead atoms. The van der Waals surface area contributed by atoms with Gasteiger partial charge in [-0.25, -0.2) is 4.68 Å². The number of carbonyl (C=O) groups excluding carboxylic acids is 2. The van der Waals surface area contributed by atoms with Crippen LogP contribution >= 0.6 is 0 Å². The van der Waals surface area contributed by atoms with Crippen LogP contribution in [0.1, 0.15) is 36.2 Å². The van der Waals surface area contributed by atoms with E-state index in [2.05, 4.69) is 22.4 Å². The molecule has 8 heteroatoms. The number of hydrogen-bond donors (Lipinski definition) is 0. The number of aromatic nitrogens is 3. The van der Waals surface area contributed by atoms with Crippen LogP contribution in [0.4, 0.5) is 0 Å². The maximum atomic E-state index is 12.7. The van der Waals surface area contributed by atoms with Crippen molar-refractivity contribution in [2.75, 3.05) is 32.8 Å². The van der Waals surface area contributed by atoms with Crippen molar-refractivity contribution in [3.63, 3.8) is 0 Å². The van der Waals surface area contributed by atoms with Crippen molar-refractivity contribution < 1.29 is 14.3 Å². The van der Waals surface area contributed by atoms with Crippen molar-refractivity contribution in [3.8, 4) is 0 Å². The Hall–Kier alpha value is -2.74. The molecule has 2 aromatic rings. The fourth-order valence-corrected chi connectivity index (χ4v) is 4.05. The van der Waals surface area contributed by atoms with Gasteiger partial charge in [-0.1, -0.05) is 35.5 Å². The molecule has 0 aliphatic carbocycles. The third-order valence-electron chi connectivity index (χ3n) is 5.83. The molecule has 4 rings (SSSR count). The van der Waals surface area contributed by atoms with Gasteiger partial charge in [-0.3, -0.25) is 9.59 Å². The van der Waals surface area contributed by atoms with Crippen molar-refractivity contribution in [2.24, 2.45) is 0 Å². The van der Waals surface area contributed by atoms with Gasteiger partial charge in [-0.15, -0.1) is 5.10 Å². The van der Waals surface area contributed by atoms with Crippen LogP contribution in [-0.2, 0) is 40.3 Å². The Balaban J connectivity index is 1.28. The summed E-state index contributed by atoms with van der Waals surface area (Å²) >= 11 is 0. The summed E-state index contributed by atoms with van der Waals surface area (Å²) < 4.78 is 7.18. The molecule has 2 amide bonds. The Morgan fingerprint density at radius 2 is 1.67 bits per heavy atom. The molecular weight excluding hydrogens is 382 g/mol. The third kappa shape index (κ3) is 5.05. The van der Waals surface area contributed by atoms with Crippen LogP contribution in [0, 0.1) is 0 Å². The number of aryl methyl sites for hydroxylation is 2. The van der Waals surface area contributed by atoms with E-state index in [1.165, 1.54) is 5.56 Å². The number of fused-ring (bicyclic) bond motifs is 1. The second kappa shape index (κ2) is 9.84. The highest BCUT2D eigenvalue weighted by molar-refractivity contribution is 5.77. The van der Waals surface area contributed by atoms with Gasteiger partial charge in [-0.2, -0.15) is 0 Å². The SMILES string of the molecule is O=C(CCc1nnn2c1CN(C(=O)CCCc1ccccc1)CC2)N1CCOCC1. The smallest absolute Gasteiger partial charge is 0.223 e. The van der Waals surface area contributed by atoms with E-state index in [1.807, 2.05) is 32.7 Å². The predicted octanol–water partition coefficient (Wildman–Crippen LogP) is 1.43. The van der Waals surface area contributed by atoms with Gasteiger partial charge in [0.2, 0.25) is 11.8 Å². The van der Waals surface area contributed by atoms with Crippen LogP contribution in [0.2, 0.25) is 0 Å². The zero-order valence-electron chi connectivity index (χ0n) is 17.3. The monoisotopic (exact) mass is 411 g/mol. The van der Waals surface area contributed by atoms with E-state index in [1.54, 1.807) is 0 Å². The number of benzene rings is 1. The molecule has 1 fully saturated rings. The molecular formula is C22H29N5O3. The third-order valence-corrected chi connectivity index (χ3v) is 5.83. The minimum atomic E-state index is 0.129. The minimum absolute atomic E-state index is 0.129. The Bertz CT molecular complexity index is 861. The van der Waals surface area contributed by atoms with Gasteiger partial charge >= 0.3 is 0 Å². The van der Waals surface area contributed by atoms with E-state index < -0.39 is 0 Å². The fourth-order valence-electron chi connectivity index (χ4n) is 4.05. The van der Waals surface area contributed by atoms with Crippen LogP contribution < -0.4 is 0 Å². The van der Waals surface area contributed by atoms with Crippen molar-refractivity contribution in [1.82, 2.24) is 24.8 Å². The van der Waals surface area contributed by atoms with Gasteiger partial charge in [0, 0.05) is 38.9 Å². The average Bonchev–Trinajstić information content (AvgIpc) is 3.21. The van der Waals surface area contributed by atoms with Gasteiger partial charge in [0.25, 0.3) is 0 Å². The van der Waals surface area contributed by atoms with E-state index in [0.717, 1.165) is 24.2 Å². The summed E-state index contributed by atoms with van der Waals surface area (Å²) in [5, 5.41) is 8.52. The Labute approximate surface area is 176 Å². The maximum absolute atomic E-state index is 12.7. The van der Waals surface area contributed by atoms with Crippen LogP contribution in [-0.4, -0.2) is 69.5 Å². The first-order chi connectivity index (χ1) is 14.7. The summed E-state index contributed by atoms with van der Waals surface area (Å²) in [5.41, 5.74) is 3.06. The first-order valence-corrected chi connectivity index (χ1v) is 10.8. The van der Waals surface area contributed by atoms with Crippen molar-refractivity contribution >= 4 is 11.8 Å².